The first-order valence-corrected chi connectivity index (χ1v) is 40.6. The van der Waals surface area contributed by atoms with E-state index in [0.29, 0.717) is 0 Å². The molecule has 0 atom stereocenters. The molecule has 0 aliphatic heterocycles. The molecule has 18 aromatic carbocycles. The van der Waals surface area contributed by atoms with Crippen molar-refractivity contribution in [2.75, 3.05) is 26.6 Å². The molecule has 0 spiro atoms. The van der Waals surface area contributed by atoms with Crippen molar-refractivity contribution < 1.29 is 17.7 Å². The maximum Gasteiger partial charge on any atom is 0.143 e. The van der Waals surface area contributed by atoms with Gasteiger partial charge in [0.1, 0.15) is 44.7 Å². The Bertz CT molecular complexity index is 7700. The summed E-state index contributed by atoms with van der Waals surface area (Å²) in [6, 6.07) is 142. The molecular formula is C106H73N5O4S2. The molecule has 0 radical (unpaired) electrons. The van der Waals surface area contributed by atoms with E-state index >= 15 is 0 Å². The summed E-state index contributed by atoms with van der Waals surface area (Å²) in [6.07, 6.45) is 0. The lowest BCUT2D eigenvalue weighted by Crippen LogP contribution is -1.91. The SMILES string of the molecule is c1cc(Nc2ccc3oc4ccccc4c3c2)cc(-c2cccc3c2oc2ccccc23)c1.c1ccc(Nc2ccc3c(c2)oc2ccccc23)cc1.c1ccc(Nc2ccc3oc4ccccc4c3c2)cc1.c1ccc(Nc2cccc3sc4ccccc4c23)cc1.c1ccc2c(Nc3ccc4sc5ccccc5c4c3)cccc2c1. The number of furan rings is 4. The second kappa shape index (κ2) is 31.8. The molecule has 0 unspecified atom stereocenters. The molecule has 0 aliphatic carbocycles. The predicted molar refractivity (Wildman–Crippen MR) is 499 cm³/mol. The van der Waals surface area contributed by atoms with Crippen molar-refractivity contribution in [3.8, 4) is 11.1 Å². The third-order valence-electron chi connectivity index (χ3n) is 21.0. The molecule has 0 saturated carbocycles. The lowest BCUT2D eigenvalue weighted by atomic mass is 10.0. The first-order valence-electron chi connectivity index (χ1n) is 39.0. The largest absolute Gasteiger partial charge is 0.456 e. The van der Waals surface area contributed by atoms with Crippen molar-refractivity contribution in [1.82, 2.24) is 0 Å². The zero-order chi connectivity index (χ0) is 77.8. The Morgan fingerprint density at radius 1 is 0.179 bits per heavy atom. The van der Waals surface area contributed by atoms with E-state index in [1.165, 1.54) is 56.8 Å². The van der Waals surface area contributed by atoms with Gasteiger partial charge >= 0.3 is 0 Å². The first-order chi connectivity index (χ1) is 57.9. The highest BCUT2D eigenvalue weighted by Gasteiger charge is 2.16. The van der Waals surface area contributed by atoms with Crippen molar-refractivity contribution in [3.63, 3.8) is 0 Å². The van der Waals surface area contributed by atoms with Gasteiger partial charge in [-0.1, -0.05) is 237 Å². The molecule has 0 bridgehead atoms. The molecule has 558 valence electrons. The highest BCUT2D eigenvalue weighted by Crippen LogP contribution is 2.43. The van der Waals surface area contributed by atoms with E-state index < -0.39 is 0 Å². The number of rotatable bonds is 11. The van der Waals surface area contributed by atoms with Crippen LogP contribution in [0.2, 0.25) is 0 Å². The minimum Gasteiger partial charge on any atom is -0.456 e. The third kappa shape index (κ3) is 14.8. The van der Waals surface area contributed by atoms with Crippen LogP contribution < -0.4 is 26.6 Å². The summed E-state index contributed by atoms with van der Waals surface area (Å²) >= 11 is 3.70. The van der Waals surface area contributed by atoms with Crippen LogP contribution in [0.15, 0.2) is 430 Å². The van der Waals surface area contributed by atoms with Crippen LogP contribution in [0.1, 0.15) is 0 Å². The van der Waals surface area contributed by atoms with Gasteiger partial charge in [0, 0.05) is 157 Å². The molecular weight excluding hydrogens is 1470 g/mol. The first kappa shape index (κ1) is 70.9. The van der Waals surface area contributed by atoms with Crippen LogP contribution in [-0.2, 0) is 0 Å². The van der Waals surface area contributed by atoms with Crippen molar-refractivity contribution in [1.29, 1.82) is 0 Å². The molecule has 0 aliphatic rings. The van der Waals surface area contributed by atoms with Crippen LogP contribution in [0.4, 0.5) is 56.9 Å². The van der Waals surface area contributed by atoms with E-state index in [-0.39, 0.29) is 0 Å². The normalized spacial score (nSPS) is 11.2. The molecule has 6 heterocycles. The monoisotopic (exact) mass is 1540 g/mol. The molecule has 9 nitrogen and oxygen atoms in total. The minimum atomic E-state index is 0.895. The van der Waals surface area contributed by atoms with Crippen LogP contribution in [0.3, 0.4) is 0 Å². The maximum atomic E-state index is 6.25. The molecule has 0 saturated heterocycles. The summed E-state index contributed by atoms with van der Waals surface area (Å²) in [6.45, 7) is 0. The number of fused-ring (bicyclic) bond motifs is 19. The average Bonchev–Trinajstić information content (AvgIpc) is 1.65. The van der Waals surface area contributed by atoms with Crippen molar-refractivity contribution in [3.05, 3.63) is 413 Å². The van der Waals surface area contributed by atoms with Crippen molar-refractivity contribution in [2.45, 2.75) is 0 Å². The average molecular weight is 1540 g/mol. The Labute approximate surface area is 681 Å². The Balaban J connectivity index is 0.0000000956. The topological polar surface area (TPSA) is 113 Å². The Kier molecular flexibility index (Phi) is 19.3. The van der Waals surface area contributed by atoms with Crippen molar-refractivity contribution >= 4 is 218 Å². The van der Waals surface area contributed by atoms with E-state index in [2.05, 4.69) is 281 Å². The molecule has 5 N–H and O–H groups in total. The zero-order valence-electron chi connectivity index (χ0n) is 63.2. The van der Waals surface area contributed by atoms with Gasteiger partial charge in [-0.3, -0.25) is 0 Å². The number of benzene rings is 18. The second-order valence-electron chi connectivity index (χ2n) is 28.6. The third-order valence-corrected chi connectivity index (χ3v) is 23.3. The molecule has 24 aromatic rings. The molecule has 24 rings (SSSR count). The fourth-order valence-electron chi connectivity index (χ4n) is 15.5. The maximum absolute atomic E-state index is 6.25. The number of para-hydroxylation sites is 8. The van der Waals surface area contributed by atoms with Crippen LogP contribution in [0.5, 0.6) is 0 Å². The standard InChI is InChI=1S/C30H19NO2.C22H15NS.2C18H13NO.C18H13NS/c1-4-14-28-23(9-1)25-12-6-11-22(30(25)33-28)19-7-5-8-20(17-19)31-21-15-16-29-26(18-21)24-10-2-3-13-27(24)32-29;1-2-8-17-15(6-1)7-5-10-20(17)23-16-12-13-22-19(14-16)18-9-3-4-11-21(18)24-22;1-2-6-13(7-3-1)19-14-10-11-18-16(12-14)15-8-4-5-9-17(15)20-18;1-2-6-13(7-3-1)19-14-10-11-16-15-8-4-5-9-17(15)20-18(16)12-14;1-2-7-13(8-3-1)19-15-10-6-12-17-18(15)14-9-4-5-11-16(14)20-17/h1-18,31H;1-14,23H;3*1-12,19H. The number of nitrogens with one attached hydrogen (secondary N) is 5. The fraction of sp³-hybridized carbons (Fsp3) is 0. The summed E-state index contributed by atoms with van der Waals surface area (Å²) in [4.78, 5) is 0. The van der Waals surface area contributed by atoms with Crippen LogP contribution in [-0.4, -0.2) is 0 Å². The zero-order valence-corrected chi connectivity index (χ0v) is 64.8. The summed E-state index contributed by atoms with van der Waals surface area (Å²) < 4.78 is 29.3. The summed E-state index contributed by atoms with van der Waals surface area (Å²) in [5.74, 6) is 0. The smallest absolute Gasteiger partial charge is 0.143 e. The number of hydrogen-bond donors (Lipinski definition) is 5. The number of hydrogen-bond acceptors (Lipinski definition) is 11. The van der Waals surface area contributed by atoms with Gasteiger partial charge < -0.3 is 44.3 Å². The highest BCUT2D eigenvalue weighted by molar-refractivity contribution is 7.26. The van der Waals surface area contributed by atoms with Gasteiger partial charge in [0.25, 0.3) is 0 Å². The Morgan fingerprint density at radius 2 is 0.547 bits per heavy atom. The van der Waals surface area contributed by atoms with Gasteiger partial charge in [-0.05, 0) is 181 Å². The van der Waals surface area contributed by atoms with Gasteiger partial charge in [-0.2, -0.15) is 0 Å². The summed E-state index contributed by atoms with van der Waals surface area (Å²) in [5.41, 5.74) is 20.4. The van der Waals surface area contributed by atoms with Crippen LogP contribution in [0.25, 0.3) is 150 Å². The summed E-state index contributed by atoms with van der Waals surface area (Å²) in [5, 5.41) is 34.4. The number of anilines is 10. The van der Waals surface area contributed by atoms with Crippen LogP contribution >= 0.6 is 22.7 Å². The van der Waals surface area contributed by atoms with E-state index in [1.807, 2.05) is 180 Å². The van der Waals surface area contributed by atoms with E-state index in [4.69, 9.17) is 17.7 Å². The number of thiophene rings is 2. The van der Waals surface area contributed by atoms with Crippen LogP contribution in [0, 0.1) is 0 Å². The second-order valence-corrected chi connectivity index (χ2v) is 30.8. The van der Waals surface area contributed by atoms with E-state index in [9.17, 15) is 0 Å². The molecule has 11 heteroatoms. The van der Waals surface area contributed by atoms with Gasteiger partial charge in [0.2, 0.25) is 0 Å². The van der Waals surface area contributed by atoms with Crippen molar-refractivity contribution in [2.24, 2.45) is 0 Å². The molecule has 0 amide bonds. The molecule has 0 fully saturated rings. The van der Waals surface area contributed by atoms with Gasteiger partial charge in [0.15, 0.2) is 0 Å². The Morgan fingerprint density at radius 3 is 1.20 bits per heavy atom. The lowest BCUT2D eigenvalue weighted by Gasteiger charge is -2.10. The fourth-order valence-corrected chi connectivity index (χ4v) is 17.8. The molecule has 6 aromatic heterocycles. The predicted octanol–water partition coefficient (Wildman–Crippen LogP) is 32.3. The minimum absolute atomic E-state index is 0.895. The summed E-state index contributed by atoms with van der Waals surface area (Å²) in [7, 11) is 0. The van der Waals surface area contributed by atoms with Gasteiger partial charge in [-0.15, -0.1) is 22.7 Å². The van der Waals surface area contributed by atoms with Gasteiger partial charge in [0.05, 0.1) is 0 Å². The van der Waals surface area contributed by atoms with E-state index in [1.54, 1.807) is 0 Å². The highest BCUT2D eigenvalue weighted by atomic mass is 32.1. The van der Waals surface area contributed by atoms with E-state index in [0.717, 1.165) is 150 Å². The molecule has 117 heavy (non-hydrogen) atoms. The van der Waals surface area contributed by atoms with Gasteiger partial charge in [-0.25, -0.2) is 0 Å². The quantitative estimate of drug-likeness (QED) is 0.0864. The Hall–Kier alpha value is -15.1. The lowest BCUT2D eigenvalue weighted by molar-refractivity contribution is 0.668.